The molecular formula is C23H27N3O7S. The number of benzene rings is 2. The smallest absolute Gasteiger partial charge is 0.328 e. The van der Waals surface area contributed by atoms with E-state index in [0.717, 1.165) is 6.26 Å². The van der Waals surface area contributed by atoms with Crippen molar-refractivity contribution in [1.82, 2.24) is 5.32 Å². The molecule has 0 saturated carbocycles. The van der Waals surface area contributed by atoms with Crippen LogP contribution in [-0.4, -0.2) is 46.2 Å². The lowest BCUT2D eigenvalue weighted by Crippen LogP contribution is -2.49. The third-order valence-corrected chi connectivity index (χ3v) is 5.55. The predicted octanol–water partition coefficient (Wildman–Crippen LogP) is 3.03. The third-order valence-electron chi connectivity index (χ3n) is 5.06. The molecule has 0 spiro atoms. The van der Waals surface area contributed by atoms with Gasteiger partial charge in [-0.1, -0.05) is 20.8 Å². The minimum atomic E-state index is -3.67. The molecule has 0 unspecified atom stereocenters. The average Bonchev–Trinajstić information content (AvgIpc) is 2.72. The molecule has 2 aromatic rings. The summed E-state index contributed by atoms with van der Waals surface area (Å²) in [5.74, 6) is -0.374. The molecule has 0 atom stereocenters. The van der Waals surface area contributed by atoms with Crippen molar-refractivity contribution in [2.45, 2.75) is 32.6 Å². The van der Waals surface area contributed by atoms with Crippen molar-refractivity contribution in [3.8, 4) is 11.5 Å². The number of carbonyl (C=O) groups is 3. The molecule has 0 aliphatic carbocycles. The molecule has 11 heteroatoms. The van der Waals surface area contributed by atoms with E-state index in [1.165, 1.54) is 36.3 Å². The molecule has 1 saturated heterocycles. The van der Waals surface area contributed by atoms with Gasteiger partial charge in [0.15, 0.2) is 0 Å². The lowest BCUT2D eigenvalue weighted by molar-refractivity contribution is -0.120. The molecular weight excluding hydrogens is 462 g/mol. The van der Waals surface area contributed by atoms with E-state index in [1.54, 1.807) is 12.1 Å². The van der Waals surface area contributed by atoms with Gasteiger partial charge in [-0.25, -0.2) is 4.79 Å². The van der Waals surface area contributed by atoms with Gasteiger partial charge in [0.2, 0.25) is 5.91 Å². The zero-order valence-electron chi connectivity index (χ0n) is 19.6. The highest BCUT2D eigenvalue weighted by Crippen LogP contribution is 2.38. The summed E-state index contributed by atoms with van der Waals surface area (Å²) in [5.41, 5.74) is 1.34. The fourth-order valence-electron chi connectivity index (χ4n) is 3.49. The van der Waals surface area contributed by atoms with Gasteiger partial charge >= 0.3 is 16.1 Å². The van der Waals surface area contributed by atoms with Gasteiger partial charge in [-0.05, 0) is 41.8 Å². The number of ether oxygens (including phenoxy) is 1. The molecule has 3 rings (SSSR count). The Kier molecular flexibility index (Phi) is 6.87. The number of nitrogens with zero attached hydrogens (tertiary/aromatic N) is 1. The van der Waals surface area contributed by atoms with Crippen LogP contribution in [0.5, 0.6) is 11.5 Å². The van der Waals surface area contributed by atoms with Crippen molar-refractivity contribution in [1.29, 1.82) is 0 Å². The number of hydrogen-bond acceptors (Lipinski definition) is 7. The first-order valence-corrected chi connectivity index (χ1v) is 12.2. The summed E-state index contributed by atoms with van der Waals surface area (Å²) in [6.07, 6.45) is 1.08. The maximum Gasteiger partial charge on any atom is 0.328 e. The quantitative estimate of drug-likeness (QED) is 0.596. The minimum Gasteiger partial charge on any atom is -0.496 e. The number of imide groups is 1. The van der Waals surface area contributed by atoms with E-state index < -0.39 is 27.5 Å². The molecule has 1 heterocycles. The van der Waals surface area contributed by atoms with Gasteiger partial charge < -0.3 is 14.2 Å². The molecule has 1 aliphatic rings. The van der Waals surface area contributed by atoms with Crippen LogP contribution in [0.2, 0.25) is 0 Å². The molecule has 0 bridgehead atoms. The summed E-state index contributed by atoms with van der Waals surface area (Å²) in [6.45, 7) is 6.05. The van der Waals surface area contributed by atoms with Crippen LogP contribution in [-0.2, 0) is 20.3 Å². The zero-order chi connectivity index (χ0) is 25.3. The van der Waals surface area contributed by atoms with Crippen molar-refractivity contribution in [2.75, 3.05) is 30.1 Å². The lowest BCUT2D eigenvalue weighted by Gasteiger charge is -2.30. The maximum atomic E-state index is 13.3. The van der Waals surface area contributed by atoms with Crippen molar-refractivity contribution in [2.24, 2.45) is 0 Å². The Labute approximate surface area is 198 Å². The molecule has 1 fully saturated rings. The summed E-state index contributed by atoms with van der Waals surface area (Å²) >= 11 is 0. The molecule has 1 aliphatic heterocycles. The van der Waals surface area contributed by atoms with Crippen LogP contribution in [0.1, 0.15) is 43.1 Å². The van der Waals surface area contributed by atoms with E-state index in [9.17, 15) is 22.8 Å². The number of anilines is 2. The first-order chi connectivity index (χ1) is 15.8. The first kappa shape index (κ1) is 25.0. The monoisotopic (exact) mass is 489 g/mol. The molecule has 2 N–H and O–H groups in total. The Balaban J connectivity index is 1.99. The molecule has 34 heavy (non-hydrogen) atoms. The van der Waals surface area contributed by atoms with Crippen molar-refractivity contribution in [3.63, 3.8) is 0 Å². The summed E-state index contributed by atoms with van der Waals surface area (Å²) in [7, 11) is -2.21. The van der Waals surface area contributed by atoms with E-state index in [0.29, 0.717) is 22.7 Å². The number of urea groups is 1. The topological polar surface area (TPSA) is 131 Å². The Hall–Kier alpha value is -3.60. The van der Waals surface area contributed by atoms with Crippen LogP contribution < -0.4 is 24.5 Å². The summed E-state index contributed by atoms with van der Waals surface area (Å²) in [4.78, 5) is 38.7. The van der Waals surface area contributed by atoms with E-state index in [2.05, 4.69) is 10.6 Å². The first-order valence-electron chi connectivity index (χ1n) is 10.4. The van der Waals surface area contributed by atoms with Gasteiger partial charge in [0.1, 0.15) is 11.5 Å². The second-order valence-electron chi connectivity index (χ2n) is 8.85. The van der Waals surface area contributed by atoms with Crippen LogP contribution in [0.25, 0.3) is 0 Å². The summed E-state index contributed by atoms with van der Waals surface area (Å²) in [5, 5.41) is 5.04. The van der Waals surface area contributed by atoms with Crippen molar-refractivity contribution < 1.29 is 31.7 Å². The van der Waals surface area contributed by atoms with Gasteiger partial charge in [-0.3, -0.25) is 19.8 Å². The zero-order valence-corrected chi connectivity index (χ0v) is 20.4. The van der Waals surface area contributed by atoms with Gasteiger partial charge in [0.05, 0.1) is 18.9 Å². The number of rotatable bonds is 6. The Morgan fingerprint density at radius 3 is 2.29 bits per heavy atom. The summed E-state index contributed by atoms with van der Waals surface area (Å²) < 4.78 is 33.0. The number of amides is 4. The Bertz CT molecular complexity index is 1230. The largest absolute Gasteiger partial charge is 0.496 e. The highest BCUT2D eigenvalue weighted by molar-refractivity contribution is 7.86. The molecule has 0 aromatic heterocycles. The van der Waals surface area contributed by atoms with Gasteiger partial charge in [-0.2, -0.15) is 8.42 Å². The normalized spacial score (nSPS) is 14.4. The maximum absolute atomic E-state index is 13.3. The number of hydrogen-bond donors (Lipinski definition) is 2. The SMILES string of the molecule is COc1c(C(=O)Nc2ccc(OS(C)(=O)=O)cc2)cc(N2CCC(=O)NC2=O)cc1C(C)(C)C. The molecule has 182 valence electrons. The van der Waals surface area contributed by atoms with Gasteiger partial charge in [0.25, 0.3) is 5.91 Å². The highest BCUT2D eigenvalue weighted by Gasteiger charge is 2.30. The highest BCUT2D eigenvalue weighted by atomic mass is 32.2. The molecule has 0 radical (unpaired) electrons. The van der Waals surface area contributed by atoms with Crippen LogP contribution in [0, 0.1) is 0 Å². The Morgan fingerprint density at radius 2 is 1.76 bits per heavy atom. The van der Waals surface area contributed by atoms with Crippen LogP contribution in [0.3, 0.4) is 0 Å². The van der Waals surface area contributed by atoms with E-state index in [4.69, 9.17) is 8.92 Å². The van der Waals surface area contributed by atoms with Crippen LogP contribution in [0.4, 0.5) is 16.2 Å². The molecule has 4 amide bonds. The van der Waals surface area contributed by atoms with Crippen LogP contribution >= 0.6 is 0 Å². The minimum absolute atomic E-state index is 0.112. The number of nitrogens with one attached hydrogen (secondary N) is 2. The average molecular weight is 490 g/mol. The lowest BCUT2D eigenvalue weighted by atomic mass is 9.84. The van der Waals surface area contributed by atoms with Crippen LogP contribution in [0.15, 0.2) is 36.4 Å². The molecule has 2 aromatic carbocycles. The van der Waals surface area contributed by atoms with E-state index in [1.807, 2.05) is 20.8 Å². The third kappa shape index (κ3) is 5.84. The number of carbonyl (C=O) groups excluding carboxylic acids is 3. The predicted molar refractivity (Wildman–Crippen MR) is 127 cm³/mol. The fraction of sp³-hybridized carbons (Fsp3) is 0.348. The molecule has 10 nitrogen and oxygen atoms in total. The van der Waals surface area contributed by atoms with Crippen molar-refractivity contribution >= 4 is 39.3 Å². The van der Waals surface area contributed by atoms with Crippen molar-refractivity contribution in [3.05, 3.63) is 47.5 Å². The van der Waals surface area contributed by atoms with Gasteiger partial charge in [-0.15, -0.1) is 0 Å². The Morgan fingerprint density at radius 1 is 1.12 bits per heavy atom. The standard InChI is InChI=1S/C23H27N3O7S/c1-23(2,3)18-13-15(26-11-10-19(27)25-22(26)29)12-17(20(18)32-4)21(28)24-14-6-8-16(9-7-14)33-34(5,30)31/h6-9,12-13H,10-11H2,1-5H3,(H,24,28)(H,25,27,29). The second-order valence-corrected chi connectivity index (χ2v) is 10.4. The number of methoxy groups -OCH3 is 1. The van der Waals surface area contributed by atoms with Gasteiger partial charge in [0, 0.05) is 29.9 Å². The van der Waals surface area contributed by atoms with E-state index >= 15 is 0 Å². The summed E-state index contributed by atoms with van der Waals surface area (Å²) in [6, 6.07) is 8.60. The fourth-order valence-corrected chi connectivity index (χ4v) is 3.95. The second kappa shape index (κ2) is 9.34. The van der Waals surface area contributed by atoms with E-state index in [-0.39, 0.29) is 30.2 Å².